The van der Waals surface area contributed by atoms with E-state index in [9.17, 15) is 0 Å². The van der Waals surface area contributed by atoms with E-state index in [2.05, 4.69) is 26.4 Å². The number of benzene rings is 1. The van der Waals surface area contributed by atoms with Crippen molar-refractivity contribution in [2.45, 2.75) is 25.8 Å². The molecule has 0 aromatic heterocycles. The number of hydrogen-bond acceptors (Lipinski definition) is 3. The minimum Gasteiger partial charge on any atom is -0.409 e. The molecule has 0 aliphatic rings. The van der Waals surface area contributed by atoms with E-state index in [0.29, 0.717) is 11.4 Å². The molecule has 0 aliphatic heterocycles. The summed E-state index contributed by atoms with van der Waals surface area (Å²) in [4.78, 5) is 0. The molecule has 17 heavy (non-hydrogen) atoms. The number of nitrogens with one attached hydrogen (secondary N) is 1. The Hall–Kier alpha value is -0.940. The van der Waals surface area contributed by atoms with Gasteiger partial charge in [0, 0.05) is 16.9 Å². The monoisotopic (exact) mass is 319 g/mol. The van der Waals surface area contributed by atoms with E-state index < -0.39 is 0 Å². The maximum absolute atomic E-state index is 8.54. The maximum atomic E-state index is 8.54. The highest BCUT2D eigenvalue weighted by Crippen LogP contribution is 2.26. The van der Waals surface area contributed by atoms with Crippen molar-refractivity contribution in [3.8, 4) is 0 Å². The van der Waals surface area contributed by atoms with Gasteiger partial charge < -0.3 is 16.3 Å². The van der Waals surface area contributed by atoms with Crippen LogP contribution in [0.25, 0.3) is 0 Å². The summed E-state index contributed by atoms with van der Waals surface area (Å²) in [5.74, 6) is 0.206. The molecule has 0 amide bonds. The number of nitrogens with two attached hydrogens (primary N) is 1. The average molecular weight is 321 g/mol. The zero-order valence-electron chi connectivity index (χ0n) is 9.45. The smallest absolute Gasteiger partial charge is 0.141 e. The maximum Gasteiger partial charge on any atom is 0.141 e. The van der Waals surface area contributed by atoms with Crippen molar-refractivity contribution < 1.29 is 5.21 Å². The van der Waals surface area contributed by atoms with E-state index in [1.54, 1.807) is 0 Å². The third-order valence-electron chi connectivity index (χ3n) is 2.37. The van der Waals surface area contributed by atoms with Crippen molar-refractivity contribution in [1.29, 1.82) is 0 Å². The van der Waals surface area contributed by atoms with Crippen LogP contribution in [0.2, 0.25) is 5.02 Å². The summed E-state index contributed by atoms with van der Waals surface area (Å²) in [6, 6.07) is 5.70. The summed E-state index contributed by atoms with van der Waals surface area (Å²) in [5.41, 5.74) is 6.33. The second-order valence-corrected chi connectivity index (χ2v) is 4.99. The summed E-state index contributed by atoms with van der Waals surface area (Å²) in [7, 11) is 0. The normalized spacial score (nSPS) is 13.5. The molecule has 1 atom stereocenters. The molecule has 94 valence electrons. The van der Waals surface area contributed by atoms with Crippen LogP contribution in [0.1, 0.15) is 19.8 Å². The van der Waals surface area contributed by atoms with Crippen molar-refractivity contribution in [1.82, 2.24) is 0 Å². The van der Waals surface area contributed by atoms with Gasteiger partial charge >= 0.3 is 0 Å². The van der Waals surface area contributed by atoms with Gasteiger partial charge in [-0.15, -0.1) is 0 Å². The first kappa shape index (κ1) is 14.1. The zero-order valence-corrected chi connectivity index (χ0v) is 11.8. The van der Waals surface area contributed by atoms with Gasteiger partial charge in [-0.25, -0.2) is 0 Å². The van der Waals surface area contributed by atoms with Gasteiger partial charge in [0.15, 0.2) is 0 Å². The molecule has 0 saturated carbocycles. The Morgan fingerprint density at radius 2 is 2.35 bits per heavy atom. The second kappa shape index (κ2) is 6.71. The number of oxime groups is 1. The molecule has 4 N–H and O–H groups in total. The summed E-state index contributed by atoms with van der Waals surface area (Å²) in [5, 5.41) is 15.4. The molecule has 0 heterocycles. The van der Waals surface area contributed by atoms with Gasteiger partial charge in [0.2, 0.25) is 0 Å². The largest absolute Gasteiger partial charge is 0.409 e. The second-order valence-electron chi connectivity index (χ2n) is 3.67. The minimum absolute atomic E-state index is 0.0876. The number of amidine groups is 1. The van der Waals surface area contributed by atoms with Crippen LogP contribution >= 0.6 is 27.5 Å². The van der Waals surface area contributed by atoms with Gasteiger partial charge in [0.1, 0.15) is 5.84 Å². The van der Waals surface area contributed by atoms with Gasteiger partial charge in [0.25, 0.3) is 0 Å². The lowest BCUT2D eigenvalue weighted by Crippen LogP contribution is -2.26. The van der Waals surface area contributed by atoms with E-state index in [-0.39, 0.29) is 11.9 Å². The van der Waals surface area contributed by atoms with Crippen LogP contribution in [0.3, 0.4) is 0 Å². The zero-order chi connectivity index (χ0) is 12.8. The Kier molecular flexibility index (Phi) is 5.58. The van der Waals surface area contributed by atoms with Gasteiger partial charge in [-0.2, -0.15) is 0 Å². The minimum atomic E-state index is 0.0876. The molecule has 0 spiro atoms. The number of halogens is 2. The molecule has 4 nitrogen and oxygen atoms in total. The fraction of sp³-hybridized carbons (Fsp3) is 0.364. The summed E-state index contributed by atoms with van der Waals surface area (Å²) >= 11 is 9.44. The molecule has 1 rings (SSSR count). The Bertz CT molecular complexity index is 412. The standard InChI is InChI=1S/C11H15BrClN3O/c1-2-8(6-11(14)16-17)15-10-4-3-7(12)5-9(10)13/h3-5,8,15,17H,2,6H2,1H3,(H2,14,16). The number of nitrogens with zero attached hydrogens (tertiary/aromatic N) is 1. The lowest BCUT2D eigenvalue weighted by atomic mass is 10.1. The highest BCUT2D eigenvalue weighted by atomic mass is 79.9. The Labute approximate surface area is 114 Å². The highest BCUT2D eigenvalue weighted by Gasteiger charge is 2.10. The Morgan fingerprint density at radius 3 is 2.88 bits per heavy atom. The molecular formula is C11H15BrClN3O. The lowest BCUT2D eigenvalue weighted by Gasteiger charge is -2.18. The summed E-state index contributed by atoms with van der Waals surface area (Å²) < 4.78 is 0.928. The summed E-state index contributed by atoms with van der Waals surface area (Å²) in [6.07, 6.45) is 1.32. The molecule has 1 unspecified atom stereocenters. The quantitative estimate of drug-likeness (QED) is 0.337. The molecule has 0 saturated heterocycles. The predicted octanol–water partition coefficient (Wildman–Crippen LogP) is 3.43. The fourth-order valence-corrected chi connectivity index (χ4v) is 2.15. The highest BCUT2D eigenvalue weighted by molar-refractivity contribution is 9.10. The Morgan fingerprint density at radius 1 is 1.65 bits per heavy atom. The predicted molar refractivity (Wildman–Crippen MR) is 74.9 cm³/mol. The van der Waals surface area contributed by atoms with Crippen LogP contribution in [-0.4, -0.2) is 17.1 Å². The lowest BCUT2D eigenvalue weighted by molar-refractivity contribution is 0.316. The molecular weight excluding hydrogens is 305 g/mol. The van der Waals surface area contributed by atoms with Gasteiger partial charge in [-0.3, -0.25) is 0 Å². The van der Waals surface area contributed by atoms with Crippen molar-refractivity contribution >= 4 is 39.1 Å². The number of anilines is 1. The number of rotatable bonds is 5. The first-order chi connectivity index (χ1) is 8.06. The molecule has 0 aliphatic carbocycles. The third kappa shape index (κ3) is 4.44. The molecule has 6 heteroatoms. The van der Waals surface area contributed by atoms with E-state index in [4.69, 9.17) is 22.5 Å². The Balaban J connectivity index is 2.73. The van der Waals surface area contributed by atoms with Crippen LogP contribution in [0.4, 0.5) is 5.69 Å². The first-order valence-corrected chi connectivity index (χ1v) is 6.42. The van der Waals surface area contributed by atoms with Crippen LogP contribution in [0, 0.1) is 0 Å². The van der Waals surface area contributed by atoms with Crippen LogP contribution in [-0.2, 0) is 0 Å². The van der Waals surface area contributed by atoms with Crippen molar-refractivity contribution in [3.05, 3.63) is 27.7 Å². The SMILES string of the molecule is CCC(CC(N)=NO)Nc1ccc(Br)cc1Cl. The van der Waals surface area contributed by atoms with Crippen LogP contribution in [0.15, 0.2) is 27.8 Å². The van der Waals surface area contributed by atoms with Crippen molar-refractivity contribution in [2.75, 3.05) is 5.32 Å². The van der Waals surface area contributed by atoms with Crippen LogP contribution in [0.5, 0.6) is 0 Å². The summed E-state index contributed by atoms with van der Waals surface area (Å²) in [6.45, 7) is 2.02. The average Bonchev–Trinajstić information content (AvgIpc) is 2.31. The molecule has 0 bridgehead atoms. The van der Waals surface area contributed by atoms with E-state index in [0.717, 1.165) is 16.6 Å². The van der Waals surface area contributed by atoms with Gasteiger partial charge in [0.05, 0.1) is 10.7 Å². The fourth-order valence-electron chi connectivity index (χ4n) is 1.42. The van der Waals surface area contributed by atoms with Crippen LogP contribution < -0.4 is 11.1 Å². The number of hydrogen-bond donors (Lipinski definition) is 3. The van der Waals surface area contributed by atoms with E-state index in [1.807, 2.05) is 25.1 Å². The van der Waals surface area contributed by atoms with Gasteiger partial charge in [-0.1, -0.05) is 39.6 Å². The van der Waals surface area contributed by atoms with E-state index >= 15 is 0 Å². The van der Waals surface area contributed by atoms with Crippen molar-refractivity contribution in [2.24, 2.45) is 10.9 Å². The molecule has 0 fully saturated rings. The first-order valence-electron chi connectivity index (χ1n) is 5.24. The molecule has 1 aromatic rings. The third-order valence-corrected chi connectivity index (χ3v) is 3.17. The van der Waals surface area contributed by atoms with E-state index in [1.165, 1.54) is 0 Å². The van der Waals surface area contributed by atoms with Gasteiger partial charge in [-0.05, 0) is 24.6 Å². The molecule has 1 aromatic carbocycles. The topological polar surface area (TPSA) is 70.6 Å². The van der Waals surface area contributed by atoms with Crippen molar-refractivity contribution in [3.63, 3.8) is 0 Å². The molecule has 0 radical (unpaired) electrons.